The highest BCUT2D eigenvalue weighted by atomic mass is 35.5. The number of carbonyl (C=O) groups is 1. The molecule has 3 saturated heterocycles. The van der Waals surface area contributed by atoms with E-state index in [0.29, 0.717) is 72.1 Å². The van der Waals surface area contributed by atoms with Crippen molar-refractivity contribution >= 4 is 72.0 Å². The lowest BCUT2D eigenvalue weighted by atomic mass is 9.72. The number of anilines is 2. The predicted molar refractivity (Wildman–Crippen MR) is 255 cm³/mol. The Labute approximate surface area is 391 Å². The fourth-order valence-corrected chi connectivity index (χ4v) is 12.6. The zero-order valence-electron chi connectivity index (χ0n) is 37.2. The molecule has 7 heterocycles. The van der Waals surface area contributed by atoms with E-state index >= 15 is 8.42 Å². The van der Waals surface area contributed by atoms with Gasteiger partial charge in [-0.1, -0.05) is 43.2 Å². The van der Waals surface area contributed by atoms with Gasteiger partial charge in [-0.2, -0.15) is 0 Å². The lowest BCUT2D eigenvalue weighted by molar-refractivity contribution is -0.384. The summed E-state index contributed by atoms with van der Waals surface area (Å²) in [6, 6.07) is 17.2. The molecule has 348 valence electrons. The van der Waals surface area contributed by atoms with Crippen LogP contribution in [0.15, 0.2) is 88.4 Å². The first-order valence-corrected chi connectivity index (χ1v) is 24.6. The van der Waals surface area contributed by atoms with Gasteiger partial charge in [-0.3, -0.25) is 34.5 Å². The second kappa shape index (κ2) is 16.6. The van der Waals surface area contributed by atoms with Crippen molar-refractivity contribution in [2.24, 2.45) is 11.1 Å². The Morgan fingerprint density at radius 3 is 2.60 bits per heavy atom. The van der Waals surface area contributed by atoms with E-state index in [-0.39, 0.29) is 62.7 Å². The number of carbonyl (C=O) groups excluding carboxylic acids is 1. The summed E-state index contributed by atoms with van der Waals surface area (Å²) < 4.78 is 44.9. The number of hydrogen-bond donors (Lipinski definition) is 3. The molecule has 5 aliphatic rings. The maximum absolute atomic E-state index is 15.7. The number of hydrogen-bond acceptors (Lipinski definition) is 13. The van der Waals surface area contributed by atoms with Crippen molar-refractivity contribution in [2.45, 2.75) is 67.5 Å². The van der Waals surface area contributed by atoms with Crippen molar-refractivity contribution in [1.82, 2.24) is 29.5 Å². The topological polar surface area (TPSA) is 207 Å². The highest BCUT2D eigenvalue weighted by Crippen LogP contribution is 2.46. The molecule has 0 saturated carbocycles. The number of nitro groups is 1. The molecule has 0 unspecified atom stereocenters. The largest absolute Gasteiger partial charge is 0.489 e. The third kappa shape index (κ3) is 7.97. The Hall–Kier alpha value is -6.05. The Morgan fingerprint density at radius 2 is 1.87 bits per heavy atom. The first-order valence-electron chi connectivity index (χ1n) is 22.7. The van der Waals surface area contributed by atoms with E-state index in [0.717, 1.165) is 44.8 Å². The van der Waals surface area contributed by atoms with Gasteiger partial charge in [0.15, 0.2) is 17.1 Å². The number of aromatic nitrogens is 4. The number of piperazine rings is 1. The van der Waals surface area contributed by atoms with Crippen molar-refractivity contribution < 1.29 is 27.6 Å². The summed E-state index contributed by atoms with van der Waals surface area (Å²) >= 11 is 6.29. The van der Waals surface area contributed by atoms with Crippen LogP contribution in [-0.4, -0.2) is 126 Å². The van der Waals surface area contributed by atoms with Crippen LogP contribution in [0.1, 0.15) is 55.5 Å². The number of allylic oxidation sites excluding steroid dienone is 1. The van der Waals surface area contributed by atoms with Gasteiger partial charge in [0.1, 0.15) is 17.0 Å². The molecule has 0 spiro atoms. The maximum Gasteiger partial charge on any atom is 0.297 e. The molecular formula is C48H51ClN10O7S. The number of pyridine rings is 1. The standard InChI is InChI=1S/C48H51ClN10O7S/c1-48(2)11-9-30(37(21-48)28-3-5-31(49)6-4-28)23-55-13-15-56(16-14-55)39-8-7-36(46(50)60)44(58-40-17-29-10-12-51-47(29)54-38(40)22-52-58)45(39)67(63,64)35-19-41(59(61)62)43-42(20-35)66-26-32(53-43)24-57-25-34-18-33(57)27-65-34/h3-8,10,12,17,19-20,22,32-34,52-53H,9,11,13-16,18,21,23-27H2,1-2H3,(H2,50,60)/t32-,33+,34+/m1/s1. The number of halogens is 1. The molecule has 67 heavy (non-hydrogen) atoms. The number of nitrogens with one attached hydrogen (secondary N) is 2. The molecule has 19 heteroatoms. The molecule has 11 rings (SSSR count). The number of nitrogens with two attached hydrogens (primary N) is 1. The van der Waals surface area contributed by atoms with E-state index in [9.17, 15) is 14.9 Å². The number of nitrogens with zero attached hydrogens (tertiary/aromatic N) is 7. The van der Waals surface area contributed by atoms with Gasteiger partial charge in [0, 0.05) is 86.8 Å². The lowest BCUT2D eigenvalue weighted by Gasteiger charge is -2.40. The Kier molecular flexibility index (Phi) is 10.8. The summed E-state index contributed by atoms with van der Waals surface area (Å²) in [5.41, 5.74) is 11.5. The molecule has 4 N–H and O–H groups in total. The number of likely N-dealkylation sites (tertiary alicyclic amines) is 1. The smallest absolute Gasteiger partial charge is 0.297 e. The van der Waals surface area contributed by atoms with E-state index in [1.807, 2.05) is 23.1 Å². The molecule has 3 fully saturated rings. The van der Waals surface area contributed by atoms with Gasteiger partial charge in [0.25, 0.3) is 11.6 Å². The molecule has 6 aromatic rings. The van der Waals surface area contributed by atoms with Crippen molar-refractivity contribution in [3.8, 4) is 11.4 Å². The molecule has 3 atom stereocenters. The van der Waals surface area contributed by atoms with E-state index in [2.05, 4.69) is 56.2 Å². The van der Waals surface area contributed by atoms with Gasteiger partial charge >= 0.3 is 0 Å². The van der Waals surface area contributed by atoms with Gasteiger partial charge in [0.05, 0.1) is 51.0 Å². The highest BCUT2D eigenvalue weighted by molar-refractivity contribution is 7.91. The molecule has 1 aliphatic carbocycles. The minimum atomic E-state index is -4.74. The summed E-state index contributed by atoms with van der Waals surface area (Å²) in [4.78, 5) is 40.9. The average molecular weight is 948 g/mol. The van der Waals surface area contributed by atoms with Gasteiger partial charge in [0.2, 0.25) is 9.84 Å². The van der Waals surface area contributed by atoms with Crippen molar-refractivity contribution in [1.29, 1.82) is 0 Å². The van der Waals surface area contributed by atoms with Crippen LogP contribution in [0.4, 0.5) is 17.1 Å². The highest BCUT2D eigenvalue weighted by Gasteiger charge is 2.42. The fraction of sp³-hybridized carbons (Fsp3) is 0.396. The van der Waals surface area contributed by atoms with Crippen LogP contribution in [0.2, 0.25) is 5.02 Å². The quantitative estimate of drug-likeness (QED) is 0.0901. The van der Waals surface area contributed by atoms with Crippen LogP contribution >= 0.6 is 11.6 Å². The summed E-state index contributed by atoms with van der Waals surface area (Å²) in [6.07, 6.45) is 7.36. The summed E-state index contributed by atoms with van der Waals surface area (Å²) in [6.45, 7) is 9.71. The maximum atomic E-state index is 15.7. The zero-order chi connectivity index (χ0) is 46.4. The minimum Gasteiger partial charge on any atom is -0.489 e. The molecule has 3 aromatic heterocycles. The zero-order valence-corrected chi connectivity index (χ0v) is 38.8. The van der Waals surface area contributed by atoms with E-state index in [4.69, 9.17) is 26.8 Å². The van der Waals surface area contributed by atoms with Gasteiger partial charge in [-0.15, -0.1) is 0 Å². The second-order valence-corrected chi connectivity index (χ2v) is 21.6. The first kappa shape index (κ1) is 43.5. The number of amides is 1. The third-order valence-electron chi connectivity index (χ3n) is 14.3. The summed E-state index contributed by atoms with van der Waals surface area (Å²) in [7, 11) is -4.74. The van der Waals surface area contributed by atoms with Crippen LogP contribution in [0.25, 0.3) is 33.3 Å². The lowest BCUT2D eigenvalue weighted by Crippen LogP contribution is -2.47. The Balaban J connectivity index is 0.986. The van der Waals surface area contributed by atoms with Gasteiger partial charge in [-0.05, 0) is 78.6 Å². The Bertz CT molecular complexity index is 3120. The number of primary amides is 1. The van der Waals surface area contributed by atoms with Crippen LogP contribution in [0.3, 0.4) is 0 Å². The van der Waals surface area contributed by atoms with E-state index < -0.39 is 26.4 Å². The van der Waals surface area contributed by atoms with Crippen LogP contribution in [0, 0.1) is 15.5 Å². The summed E-state index contributed by atoms with van der Waals surface area (Å²) in [5, 5.41) is 20.7. The molecule has 1 amide bonds. The minimum absolute atomic E-state index is 0.0333. The molecule has 4 aliphatic heterocycles. The van der Waals surface area contributed by atoms with Crippen LogP contribution in [-0.2, 0) is 14.6 Å². The number of fused-ring (bicyclic) bond motifs is 5. The Morgan fingerprint density at radius 1 is 1.06 bits per heavy atom. The number of sulfone groups is 1. The van der Waals surface area contributed by atoms with Crippen molar-refractivity contribution in [2.75, 3.05) is 69.2 Å². The van der Waals surface area contributed by atoms with Crippen molar-refractivity contribution in [3.63, 3.8) is 0 Å². The van der Waals surface area contributed by atoms with Crippen LogP contribution in [0.5, 0.6) is 5.75 Å². The molecular weight excluding hydrogens is 896 g/mol. The normalized spacial score (nSPS) is 22.0. The van der Waals surface area contributed by atoms with Crippen molar-refractivity contribution in [3.05, 3.63) is 105 Å². The molecule has 0 radical (unpaired) electrons. The fourth-order valence-electron chi connectivity index (χ4n) is 10.7. The van der Waals surface area contributed by atoms with Gasteiger partial charge < -0.3 is 25.4 Å². The van der Waals surface area contributed by atoms with E-state index in [1.54, 1.807) is 30.6 Å². The second-order valence-electron chi connectivity index (χ2n) is 19.3. The van der Waals surface area contributed by atoms with Crippen LogP contribution < -0.4 is 20.7 Å². The average Bonchev–Trinajstić information content (AvgIpc) is 4.14. The first-order chi connectivity index (χ1) is 32.2. The predicted octanol–water partition coefficient (Wildman–Crippen LogP) is 6.83. The number of ether oxygens (including phenoxy) is 2. The van der Waals surface area contributed by atoms with E-state index in [1.165, 1.54) is 27.5 Å². The molecule has 3 aromatic carbocycles. The molecule has 2 bridgehead atoms. The summed E-state index contributed by atoms with van der Waals surface area (Å²) in [5.74, 6) is -0.819. The number of morpholine rings is 1. The number of aromatic amines is 1. The number of benzene rings is 3. The molecule has 17 nitrogen and oxygen atoms in total. The van der Waals surface area contributed by atoms with Gasteiger partial charge in [-0.25, -0.2) is 18.4 Å². The number of rotatable bonds is 11. The monoisotopic (exact) mass is 946 g/mol. The number of nitro benzene ring substituents is 1. The number of H-pyrrole nitrogens is 1. The SMILES string of the molecule is CC1(C)CCC(CN2CCN(c3ccc(C(N)=O)c(-n4[nH]cc5nc6nccc6cc54)c3S(=O)(=O)c3cc4c(c([N+](=O)[O-])c3)N[C@H](CN3C[C@@H]5C[C@H]3CO5)CO4)CC2)=C(c2ccc(Cl)cc2)C1. The third-order valence-corrected chi connectivity index (χ3v) is 16.3.